The number of rotatable bonds is 4. The van der Waals surface area contributed by atoms with E-state index in [2.05, 4.69) is 33.0 Å². The normalized spacial score (nSPS) is 26.3. The third-order valence-corrected chi connectivity index (χ3v) is 5.13. The molecule has 1 atom stereocenters. The van der Waals surface area contributed by atoms with E-state index in [1.54, 1.807) is 0 Å². The lowest BCUT2D eigenvalue weighted by atomic mass is 10.0. The molecule has 1 aliphatic rings. The lowest BCUT2D eigenvalue weighted by Crippen LogP contribution is -2.36. The van der Waals surface area contributed by atoms with Crippen LogP contribution < -0.4 is 5.32 Å². The molecule has 0 amide bonds. The van der Waals surface area contributed by atoms with Crippen molar-refractivity contribution in [3.8, 4) is 0 Å². The summed E-state index contributed by atoms with van der Waals surface area (Å²) in [5.41, 5.74) is 0.525. The van der Waals surface area contributed by atoms with E-state index in [9.17, 15) is 8.42 Å². The van der Waals surface area contributed by atoms with Gasteiger partial charge >= 0.3 is 0 Å². The van der Waals surface area contributed by atoms with E-state index in [0.29, 0.717) is 6.04 Å². The smallest absolute Gasteiger partial charge is 0.148 e. The second-order valence-electron chi connectivity index (χ2n) is 6.04. The van der Waals surface area contributed by atoms with E-state index in [-0.39, 0.29) is 22.6 Å². The highest BCUT2D eigenvalue weighted by atomic mass is 32.2. The molecule has 1 N–H and O–H groups in total. The highest BCUT2D eigenvalue weighted by molar-refractivity contribution is 7.90. The van der Waals surface area contributed by atoms with Crippen LogP contribution in [0.1, 0.15) is 34.6 Å². The number of sulfone groups is 1. The van der Waals surface area contributed by atoms with Gasteiger partial charge in [0.15, 0.2) is 0 Å². The Morgan fingerprint density at radius 3 is 1.87 bits per heavy atom. The molecule has 0 aromatic rings. The number of hydrogen-bond donors (Lipinski definition) is 1. The molecule has 3 nitrogen and oxygen atoms in total. The summed E-state index contributed by atoms with van der Waals surface area (Å²) in [4.78, 5) is 0. The minimum absolute atomic E-state index is 0.0334. The monoisotopic (exact) mass is 233 g/mol. The van der Waals surface area contributed by atoms with Crippen molar-refractivity contribution in [2.75, 3.05) is 12.0 Å². The molecule has 1 fully saturated rings. The van der Waals surface area contributed by atoms with Gasteiger partial charge in [-0.1, -0.05) is 27.7 Å². The van der Waals surface area contributed by atoms with Gasteiger partial charge in [-0.2, -0.15) is 0 Å². The van der Waals surface area contributed by atoms with Crippen molar-refractivity contribution in [2.45, 2.75) is 46.7 Å². The summed E-state index contributed by atoms with van der Waals surface area (Å²) in [5.74, 6) is 0.218. The molecular weight excluding hydrogens is 210 g/mol. The van der Waals surface area contributed by atoms with Gasteiger partial charge in [-0.25, -0.2) is 8.42 Å². The van der Waals surface area contributed by atoms with Crippen LogP contribution in [0.5, 0.6) is 0 Å². The van der Waals surface area contributed by atoms with Crippen LogP contribution in [0, 0.1) is 10.8 Å². The van der Waals surface area contributed by atoms with Crippen LogP contribution in [0.4, 0.5) is 0 Å². The molecule has 4 heteroatoms. The molecule has 0 heterocycles. The molecule has 0 aliphatic heterocycles. The zero-order valence-electron chi connectivity index (χ0n) is 10.6. The Hall–Kier alpha value is -0.0900. The zero-order valence-corrected chi connectivity index (χ0v) is 11.4. The van der Waals surface area contributed by atoms with E-state index >= 15 is 0 Å². The maximum Gasteiger partial charge on any atom is 0.148 e. The quantitative estimate of drug-likeness (QED) is 0.799. The summed E-state index contributed by atoms with van der Waals surface area (Å²) in [6, 6.07) is 0.452. The molecule has 15 heavy (non-hydrogen) atoms. The fraction of sp³-hybridized carbons (Fsp3) is 1.00. The molecule has 1 unspecified atom stereocenters. The number of nitrogens with one attached hydrogen (secondary N) is 1. The van der Waals surface area contributed by atoms with Crippen LogP contribution in [0.25, 0.3) is 0 Å². The van der Waals surface area contributed by atoms with Crippen LogP contribution in [0.3, 0.4) is 0 Å². The number of hydrogen-bond acceptors (Lipinski definition) is 3. The average molecular weight is 233 g/mol. The van der Waals surface area contributed by atoms with Crippen molar-refractivity contribution in [1.29, 1.82) is 0 Å². The maximum atomic E-state index is 11.1. The Morgan fingerprint density at radius 1 is 1.20 bits per heavy atom. The summed E-state index contributed by atoms with van der Waals surface area (Å²) in [7, 11) is -2.88. The van der Waals surface area contributed by atoms with Crippen molar-refractivity contribution < 1.29 is 8.42 Å². The van der Waals surface area contributed by atoms with Crippen molar-refractivity contribution >= 4 is 9.84 Å². The summed E-state index contributed by atoms with van der Waals surface area (Å²) in [6.07, 6.45) is 1.29. The van der Waals surface area contributed by atoms with Gasteiger partial charge in [-0.15, -0.1) is 0 Å². The van der Waals surface area contributed by atoms with Gasteiger partial charge in [0.2, 0.25) is 0 Å². The van der Waals surface area contributed by atoms with Gasteiger partial charge in [-0.3, -0.25) is 0 Å². The van der Waals surface area contributed by atoms with E-state index in [4.69, 9.17) is 0 Å². The molecule has 0 radical (unpaired) electrons. The Kier molecular flexibility index (Phi) is 2.99. The summed E-state index contributed by atoms with van der Waals surface area (Å²) in [5, 5.41) is 3.41. The maximum absolute atomic E-state index is 11.1. The van der Waals surface area contributed by atoms with Crippen LogP contribution in [-0.2, 0) is 9.84 Å². The highest BCUT2D eigenvalue weighted by Gasteiger charge is 2.64. The van der Waals surface area contributed by atoms with Crippen LogP contribution in [-0.4, -0.2) is 32.5 Å². The van der Waals surface area contributed by atoms with Crippen LogP contribution >= 0.6 is 0 Å². The molecule has 0 spiro atoms. The first-order valence-electron chi connectivity index (χ1n) is 5.42. The van der Waals surface area contributed by atoms with E-state index in [1.807, 2.05) is 6.92 Å². The standard InChI is InChI=1S/C11H23NO2S/c1-8(7-15(6,13)14)12-9-10(2,3)11(9,4)5/h8-9,12H,7H2,1-6H3. The Morgan fingerprint density at radius 2 is 1.60 bits per heavy atom. The van der Waals surface area contributed by atoms with Gasteiger partial charge in [0.25, 0.3) is 0 Å². The zero-order chi connectivity index (χ0) is 12.1. The molecule has 0 bridgehead atoms. The molecule has 1 saturated carbocycles. The predicted molar refractivity (Wildman–Crippen MR) is 63.7 cm³/mol. The molecule has 1 aliphatic carbocycles. The second kappa shape index (κ2) is 3.45. The van der Waals surface area contributed by atoms with Crippen molar-refractivity contribution in [2.24, 2.45) is 10.8 Å². The van der Waals surface area contributed by atoms with Crippen molar-refractivity contribution in [3.05, 3.63) is 0 Å². The fourth-order valence-corrected chi connectivity index (χ4v) is 3.40. The summed E-state index contributed by atoms with van der Waals surface area (Å²) < 4.78 is 22.3. The van der Waals surface area contributed by atoms with Gasteiger partial charge in [0.1, 0.15) is 9.84 Å². The molecule has 0 saturated heterocycles. The minimum Gasteiger partial charge on any atom is -0.309 e. The lowest BCUT2D eigenvalue weighted by Gasteiger charge is -2.14. The van der Waals surface area contributed by atoms with Gasteiger partial charge in [-0.05, 0) is 17.8 Å². The Bertz CT molecular complexity index is 330. The Labute approximate surface area is 93.6 Å². The van der Waals surface area contributed by atoms with E-state index < -0.39 is 9.84 Å². The third-order valence-electron chi connectivity index (χ3n) is 4.02. The largest absolute Gasteiger partial charge is 0.309 e. The van der Waals surface area contributed by atoms with Crippen molar-refractivity contribution in [3.63, 3.8) is 0 Å². The van der Waals surface area contributed by atoms with E-state index in [1.165, 1.54) is 6.26 Å². The van der Waals surface area contributed by atoms with E-state index in [0.717, 1.165) is 0 Å². The first-order chi connectivity index (χ1) is 6.48. The fourth-order valence-electron chi connectivity index (χ4n) is 2.40. The molecule has 0 aromatic carbocycles. The van der Waals surface area contributed by atoms with Crippen LogP contribution in [0.15, 0.2) is 0 Å². The second-order valence-corrected chi connectivity index (χ2v) is 8.22. The summed E-state index contributed by atoms with van der Waals surface area (Å²) in [6.45, 7) is 10.8. The predicted octanol–water partition coefficient (Wildman–Crippen LogP) is 1.44. The first-order valence-corrected chi connectivity index (χ1v) is 7.48. The van der Waals surface area contributed by atoms with Gasteiger partial charge in [0.05, 0.1) is 5.75 Å². The molecule has 1 rings (SSSR count). The average Bonchev–Trinajstić information content (AvgIpc) is 2.28. The molecular formula is C11H23NO2S. The lowest BCUT2D eigenvalue weighted by molar-refractivity contribution is 0.457. The highest BCUT2D eigenvalue weighted by Crippen LogP contribution is 2.62. The molecule has 90 valence electrons. The summed E-state index contributed by atoms with van der Waals surface area (Å²) >= 11 is 0. The van der Waals surface area contributed by atoms with Crippen molar-refractivity contribution in [1.82, 2.24) is 5.32 Å². The topological polar surface area (TPSA) is 46.2 Å². The minimum atomic E-state index is -2.88. The molecule has 0 aromatic heterocycles. The van der Waals surface area contributed by atoms with Crippen LogP contribution in [0.2, 0.25) is 0 Å². The Balaban J connectivity index is 2.53. The first kappa shape index (κ1) is 13.0. The van der Waals surface area contributed by atoms with Gasteiger partial charge < -0.3 is 5.32 Å². The van der Waals surface area contributed by atoms with Gasteiger partial charge in [0, 0.05) is 18.3 Å². The SMILES string of the molecule is CC(CS(C)(=O)=O)NC1C(C)(C)C1(C)C. The third kappa shape index (κ3) is 2.53.